The van der Waals surface area contributed by atoms with Crippen molar-refractivity contribution in [2.24, 2.45) is 5.73 Å². The molecule has 92 valence electrons. The molecule has 0 aromatic heterocycles. The third kappa shape index (κ3) is 5.98. The highest BCUT2D eigenvalue weighted by Crippen LogP contribution is 2.02. The number of primary amides is 1. The Labute approximate surface area is 96.0 Å². The lowest BCUT2D eigenvalue weighted by Crippen LogP contribution is -2.46. The number of nitriles is 1. The molecule has 0 saturated carbocycles. The molecule has 0 saturated heterocycles. The second kappa shape index (κ2) is 9.93. The Hall–Kier alpha value is -1.61. The molecule has 6 heteroatoms. The summed E-state index contributed by atoms with van der Waals surface area (Å²) in [6.07, 6.45) is -0.241. The Balaban J connectivity index is 0. The van der Waals surface area contributed by atoms with Gasteiger partial charge in [0.25, 0.3) is 0 Å². The van der Waals surface area contributed by atoms with Crippen LogP contribution < -0.4 is 5.73 Å². The molecule has 0 heterocycles. The molecule has 0 aliphatic rings. The number of ether oxygens (including phenoxy) is 1. The van der Waals surface area contributed by atoms with E-state index in [0.717, 1.165) is 4.90 Å². The van der Waals surface area contributed by atoms with Crippen LogP contribution in [0.5, 0.6) is 0 Å². The van der Waals surface area contributed by atoms with Crippen LogP contribution in [-0.4, -0.2) is 36.6 Å². The van der Waals surface area contributed by atoms with Crippen LogP contribution in [0.15, 0.2) is 0 Å². The topological polar surface area (TPSA) is 96.4 Å². The molecule has 0 bridgehead atoms. The summed E-state index contributed by atoms with van der Waals surface area (Å²) in [5.74, 6) is -0.358. The molecule has 0 aliphatic carbocycles. The Morgan fingerprint density at radius 1 is 1.50 bits per heavy atom. The molecule has 0 radical (unpaired) electrons. The van der Waals surface area contributed by atoms with Gasteiger partial charge in [-0.2, -0.15) is 5.26 Å². The maximum Gasteiger partial charge on any atom is 0.317 e. The van der Waals surface area contributed by atoms with Gasteiger partial charge in [-0.3, -0.25) is 9.69 Å². The van der Waals surface area contributed by atoms with Crippen LogP contribution in [0.25, 0.3) is 0 Å². The first-order chi connectivity index (χ1) is 7.54. The zero-order valence-corrected chi connectivity index (χ0v) is 10.2. The van der Waals surface area contributed by atoms with Crippen molar-refractivity contribution < 1.29 is 14.3 Å². The molecule has 1 atom stereocenters. The van der Waals surface area contributed by atoms with E-state index in [2.05, 4.69) is 0 Å². The first kappa shape index (κ1) is 16.8. The molecule has 2 N–H and O–H groups in total. The van der Waals surface area contributed by atoms with Crippen molar-refractivity contribution in [2.45, 2.75) is 33.2 Å². The highest BCUT2D eigenvalue weighted by Gasteiger charge is 2.23. The standard InChI is InChI=1S/C8H13N3O3.C2H6/c1-6(7(12)3-4-9)11(5-14-2)8(10)13;1-2/h6H,3,5H2,1-2H3,(H2,10,13);1-2H3. The van der Waals surface area contributed by atoms with Gasteiger partial charge in [0.05, 0.1) is 18.5 Å². The number of methoxy groups -OCH3 is 1. The zero-order chi connectivity index (χ0) is 13.1. The number of rotatable bonds is 5. The second-order valence-electron chi connectivity index (χ2n) is 2.70. The monoisotopic (exact) mass is 229 g/mol. The van der Waals surface area contributed by atoms with E-state index in [1.165, 1.54) is 14.0 Å². The summed E-state index contributed by atoms with van der Waals surface area (Å²) in [6.45, 7) is 5.44. The van der Waals surface area contributed by atoms with Crippen LogP contribution in [0.2, 0.25) is 0 Å². The van der Waals surface area contributed by atoms with E-state index < -0.39 is 12.1 Å². The quantitative estimate of drug-likeness (QED) is 0.707. The van der Waals surface area contributed by atoms with E-state index in [0.29, 0.717) is 0 Å². The highest BCUT2D eigenvalue weighted by atomic mass is 16.5. The average molecular weight is 229 g/mol. The SMILES string of the molecule is CC.COCN(C(N)=O)C(C)C(=O)CC#N. The predicted molar refractivity (Wildman–Crippen MR) is 59.3 cm³/mol. The maximum atomic E-state index is 11.2. The molecular formula is C10H19N3O3. The van der Waals surface area contributed by atoms with E-state index in [1.54, 1.807) is 6.07 Å². The lowest BCUT2D eigenvalue weighted by Gasteiger charge is -2.24. The van der Waals surface area contributed by atoms with Gasteiger partial charge in [0, 0.05) is 7.11 Å². The number of urea groups is 1. The first-order valence-electron chi connectivity index (χ1n) is 4.99. The van der Waals surface area contributed by atoms with Crippen molar-refractivity contribution in [3.8, 4) is 6.07 Å². The molecule has 0 aromatic carbocycles. The predicted octanol–water partition coefficient (Wildman–Crippen LogP) is 0.868. The van der Waals surface area contributed by atoms with Gasteiger partial charge in [0.15, 0.2) is 5.78 Å². The van der Waals surface area contributed by atoms with Crippen molar-refractivity contribution in [2.75, 3.05) is 13.8 Å². The van der Waals surface area contributed by atoms with Crippen LogP contribution in [0.1, 0.15) is 27.2 Å². The van der Waals surface area contributed by atoms with Crippen LogP contribution in [0.4, 0.5) is 4.79 Å². The number of ketones is 1. The van der Waals surface area contributed by atoms with E-state index in [9.17, 15) is 9.59 Å². The molecule has 2 amide bonds. The lowest BCUT2D eigenvalue weighted by molar-refractivity contribution is -0.123. The Kier molecular flexibility index (Phi) is 10.4. The van der Waals surface area contributed by atoms with Gasteiger partial charge in [-0.1, -0.05) is 13.8 Å². The molecule has 16 heavy (non-hydrogen) atoms. The highest BCUT2D eigenvalue weighted by molar-refractivity contribution is 5.89. The molecule has 0 fully saturated rings. The van der Waals surface area contributed by atoms with E-state index in [4.69, 9.17) is 15.7 Å². The average Bonchev–Trinajstić information content (AvgIpc) is 2.27. The fraction of sp³-hybridized carbons (Fsp3) is 0.700. The first-order valence-corrected chi connectivity index (χ1v) is 4.99. The molecule has 1 unspecified atom stereocenters. The van der Waals surface area contributed by atoms with E-state index in [1.807, 2.05) is 13.8 Å². The van der Waals surface area contributed by atoms with Crippen LogP contribution in [-0.2, 0) is 9.53 Å². The largest absolute Gasteiger partial charge is 0.364 e. The number of nitrogens with two attached hydrogens (primary N) is 1. The smallest absolute Gasteiger partial charge is 0.317 e. The van der Waals surface area contributed by atoms with Gasteiger partial charge in [0.1, 0.15) is 6.73 Å². The summed E-state index contributed by atoms with van der Waals surface area (Å²) in [7, 11) is 1.39. The van der Waals surface area contributed by atoms with Gasteiger partial charge < -0.3 is 10.5 Å². The van der Waals surface area contributed by atoms with Gasteiger partial charge in [0.2, 0.25) is 0 Å². The summed E-state index contributed by atoms with van der Waals surface area (Å²) in [5.41, 5.74) is 5.03. The number of amides is 2. The number of hydrogen-bond acceptors (Lipinski definition) is 4. The number of nitrogens with zero attached hydrogens (tertiary/aromatic N) is 2. The van der Waals surface area contributed by atoms with E-state index >= 15 is 0 Å². The minimum absolute atomic E-state index is 0.0618. The number of Topliss-reactive ketones (excluding diaryl/α,β-unsaturated/α-hetero) is 1. The zero-order valence-electron chi connectivity index (χ0n) is 10.2. The second-order valence-corrected chi connectivity index (χ2v) is 2.70. The molecular weight excluding hydrogens is 210 g/mol. The minimum Gasteiger partial charge on any atom is -0.364 e. The number of carbonyl (C=O) groups excluding carboxylic acids is 2. The summed E-state index contributed by atoms with van der Waals surface area (Å²) in [5, 5.41) is 8.30. The minimum atomic E-state index is -0.745. The third-order valence-electron chi connectivity index (χ3n) is 1.74. The molecule has 0 aromatic rings. The lowest BCUT2D eigenvalue weighted by atomic mass is 10.1. The summed E-state index contributed by atoms with van der Waals surface area (Å²) < 4.78 is 4.70. The number of hydrogen-bond donors (Lipinski definition) is 1. The van der Waals surface area contributed by atoms with Crippen molar-refractivity contribution in [1.82, 2.24) is 4.90 Å². The Bertz CT molecular complexity index is 261. The van der Waals surface area contributed by atoms with Crippen LogP contribution in [0.3, 0.4) is 0 Å². The van der Waals surface area contributed by atoms with Gasteiger partial charge in [-0.15, -0.1) is 0 Å². The third-order valence-corrected chi connectivity index (χ3v) is 1.74. The summed E-state index contributed by atoms with van der Waals surface area (Å²) in [4.78, 5) is 23.2. The fourth-order valence-corrected chi connectivity index (χ4v) is 0.905. The van der Waals surface area contributed by atoms with Crippen molar-refractivity contribution in [1.29, 1.82) is 5.26 Å². The summed E-state index contributed by atoms with van der Waals surface area (Å²) in [6, 6.07) is 0.241. The maximum absolute atomic E-state index is 11.2. The number of carbonyl (C=O) groups is 2. The van der Waals surface area contributed by atoms with Crippen LogP contribution in [0, 0.1) is 11.3 Å². The van der Waals surface area contributed by atoms with Crippen molar-refractivity contribution in [3.63, 3.8) is 0 Å². The van der Waals surface area contributed by atoms with E-state index in [-0.39, 0.29) is 18.9 Å². The molecule has 0 spiro atoms. The molecule has 6 nitrogen and oxygen atoms in total. The van der Waals surface area contributed by atoms with Crippen LogP contribution >= 0.6 is 0 Å². The molecule has 0 rings (SSSR count). The van der Waals surface area contributed by atoms with Crippen molar-refractivity contribution >= 4 is 11.8 Å². The fourth-order valence-electron chi connectivity index (χ4n) is 0.905. The van der Waals surface area contributed by atoms with Crippen molar-refractivity contribution in [3.05, 3.63) is 0 Å². The van der Waals surface area contributed by atoms with Gasteiger partial charge in [-0.25, -0.2) is 4.79 Å². The van der Waals surface area contributed by atoms with Gasteiger partial charge >= 0.3 is 6.03 Å². The Morgan fingerprint density at radius 3 is 2.31 bits per heavy atom. The molecule has 0 aliphatic heterocycles. The van der Waals surface area contributed by atoms with Gasteiger partial charge in [-0.05, 0) is 6.92 Å². The normalized spacial score (nSPS) is 10.4. The Morgan fingerprint density at radius 2 is 2.00 bits per heavy atom. The summed E-state index contributed by atoms with van der Waals surface area (Å²) >= 11 is 0.